The summed E-state index contributed by atoms with van der Waals surface area (Å²) in [5, 5.41) is 12.8. The Hall–Kier alpha value is -2.25. The summed E-state index contributed by atoms with van der Waals surface area (Å²) in [4.78, 5) is 34.9. The highest BCUT2D eigenvalue weighted by Crippen LogP contribution is 2.42. The molecular formula is C47H73ClN2O4. The van der Waals surface area contributed by atoms with Crippen LogP contribution < -0.4 is 0 Å². The molecule has 2 unspecified atom stereocenters. The average molecular weight is 766 g/mol. The predicted octanol–water partition coefficient (Wildman–Crippen LogP) is 11.2. The maximum Gasteiger partial charge on any atom is 0.227 e. The number of nitrogens with zero attached hydrogens (tertiary/aromatic N) is 2. The van der Waals surface area contributed by atoms with Gasteiger partial charge in [0.2, 0.25) is 5.91 Å². The Morgan fingerprint density at radius 1 is 1.04 bits per heavy atom. The highest BCUT2D eigenvalue weighted by Gasteiger charge is 2.49. The first-order valence-corrected chi connectivity index (χ1v) is 21.7. The number of hydrogen-bond acceptors (Lipinski definition) is 5. The fourth-order valence-electron chi connectivity index (χ4n) is 9.07. The molecule has 3 fully saturated rings. The molecule has 0 aromatic heterocycles. The van der Waals surface area contributed by atoms with Crippen molar-refractivity contribution in [3.05, 3.63) is 70.8 Å². The van der Waals surface area contributed by atoms with Crippen LogP contribution in [-0.2, 0) is 14.3 Å². The summed E-state index contributed by atoms with van der Waals surface area (Å²) in [5.74, 6) is 0.263. The summed E-state index contributed by atoms with van der Waals surface area (Å²) >= 11 is 6.35. The van der Waals surface area contributed by atoms with Crippen molar-refractivity contribution in [2.45, 2.75) is 181 Å². The molecule has 0 bridgehead atoms. The number of aliphatic hydroxyl groups excluding tert-OH is 1. The average Bonchev–Trinajstić information content (AvgIpc) is 3.83. The standard InChI is InChI=1S/C47H73ClN2O4/c1-10-12-13-17-36(18-14-16-32(3)4)44(51)42-30-39(50(38-26-20-33(5)21-27-38)46(53)43-19-15-28-54-43)31-49(42)45(52)41(29-34(6)47(7,8)9)40(11-2)35-22-24-37(48)25-23-35/h18,22-25,33,38-43,46,53H,3,6,10-17,19-21,26-31H2,1-2,4-5,7-9H3/b36-18-/t33?,38?,39?,40-,41+,42-,43-,46?/m0/s1. The van der Waals surface area contributed by atoms with Crippen LogP contribution in [0.1, 0.15) is 156 Å². The van der Waals surface area contributed by atoms with Gasteiger partial charge < -0.3 is 14.7 Å². The zero-order valence-electron chi connectivity index (χ0n) is 34.9. The number of amides is 1. The fraction of sp³-hybridized carbons (Fsp3) is 0.702. The second kappa shape index (κ2) is 20.8. The maximum absolute atomic E-state index is 15.5. The first-order chi connectivity index (χ1) is 25.7. The van der Waals surface area contributed by atoms with E-state index < -0.39 is 18.2 Å². The van der Waals surface area contributed by atoms with Gasteiger partial charge in [0.1, 0.15) is 6.23 Å². The molecule has 2 saturated heterocycles. The second-order valence-corrected chi connectivity index (χ2v) is 18.4. The third-order valence-electron chi connectivity index (χ3n) is 12.7. The van der Waals surface area contributed by atoms with E-state index in [-0.39, 0.29) is 41.2 Å². The number of hydrogen-bond donors (Lipinski definition) is 1. The van der Waals surface area contributed by atoms with E-state index >= 15 is 9.59 Å². The fourth-order valence-corrected chi connectivity index (χ4v) is 9.20. The Kier molecular flexibility index (Phi) is 17.1. The number of carbonyl (C=O) groups excluding carboxylic acids is 2. The number of unbranched alkanes of at least 4 members (excludes halogenated alkanes) is 2. The maximum atomic E-state index is 15.5. The number of ketones is 1. The van der Waals surface area contributed by atoms with Crippen LogP contribution in [-0.4, -0.2) is 70.2 Å². The monoisotopic (exact) mass is 765 g/mol. The van der Waals surface area contributed by atoms with Crippen molar-refractivity contribution in [3.63, 3.8) is 0 Å². The van der Waals surface area contributed by atoms with Crippen molar-refractivity contribution in [1.82, 2.24) is 9.80 Å². The number of Topliss-reactive ketones (excluding diaryl/α,β-unsaturated/α-hetero) is 1. The van der Waals surface area contributed by atoms with E-state index in [1.54, 1.807) is 0 Å². The molecule has 1 aromatic carbocycles. The SMILES string of the molecule is C=C(C)CC/C=C(/CCCCC)C(=O)[C@@H]1CC(N(C2CCC(C)CC2)C(O)[C@@H]2CCCO2)CN1C(=O)[C@H](CC(=C)C(C)(C)C)[C@@H](CC)c1ccc(Cl)cc1. The van der Waals surface area contributed by atoms with Gasteiger partial charge in [-0.1, -0.05) is 102 Å². The van der Waals surface area contributed by atoms with Crippen molar-refractivity contribution in [1.29, 1.82) is 0 Å². The third kappa shape index (κ3) is 11.9. The lowest BCUT2D eigenvalue weighted by Gasteiger charge is -2.44. The van der Waals surface area contributed by atoms with Gasteiger partial charge >= 0.3 is 0 Å². The van der Waals surface area contributed by atoms with E-state index in [0.717, 1.165) is 99.3 Å². The lowest BCUT2D eigenvalue weighted by atomic mass is 9.74. The van der Waals surface area contributed by atoms with Gasteiger partial charge in [0.25, 0.3) is 0 Å². The molecule has 1 aliphatic carbocycles. The molecule has 1 aromatic rings. The lowest BCUT2D eigenvalue weighted by Crippen LogP contribution is -2.55. The zero-order valence-corrected chi connectivity index (χ0v) is 35.6. The summed E-state index contributed by atoms with van der Waals surface area (Å²) < 4.78 is 6.12. The summed E-state index contributed by atoms with van der Waals surface area (Å²) in [6.07, 6.45) is 14.3. The van der Waals surface area contributed by atoms with Crippen LogP contribution in [0.4, 0.5) is 0 Å². The van der Waals surface area contributed by atoms with Gasteiger partial charge in [0.15, 0.2) is 5.78 Å². The number of halogens is 1. The van der Waals surface area contributed by atoms with Crippen LogP contribution >= 0.6 is 11.6 Å². The number of rotatable bonds is 19. The number of carbonyl (C=O) groups is 2. The topological polar surface area (TPSA) is 70.1 Å². The molecule has 0 spiro atoms. The quantitative estimate of drug-likeness (QED) is 0.0657. The van der Waals surface area contributed by atoms with E-state index in [0.29, 0.717) is 43.4 Å². The Balaban J connectivity index is 1.80. The number of benzene rings is 1. The van der Waals surface area contributed by atoms with Crippen LogP contribution in [0.2, 0.25) is 5.02 Å². The van der Waals surface area contributed by atoms with Crippen LogP contribution in [0.3, 0.4) is 0 Å². The molecule has 1 N–H and O–H groups in total. The lowest BCUT2D eigenvalue weighted by molar-refractivity contribution is -0.142. The molecule has 3 aliphatic rings. The Bertz CT molecular complexity index is 1420. The first-order valence-electron chi connectivity index (χ1n) is 21.3. The van der Waals surface area contributed by atoms with Crippen molar-refractivity contribution in [2.24, 2.45) is 17.3 Å². The van der Waals surface area contributed by atoms with Gasteiger partial charge in [-0.2, -0.15) is 0 Å². The normalized spacial score (nSPS) is 25.5. The second-order valence-electron chi connectivity index (χ2n) is 18.0. The number of aliphatic hydroxyl groups is 1. The Morgan fingerprint density at radius 3 is 2.30 bits per heavy atom. The third-order valence-corrected chi connectivity index (χ3v) is 12.9. The highest BCUT2D eigenvalue weighted by molar-refractivity contribution is 6.30. The number of ether oxygens (including phenoxy) is 1. The number of allylic oxidation sites excluding steroid dienone is 3. The van der Waals surface area contributed by atoms with Crippen LogP contribution in [0.5, 0.6) is 0 Å². The van der Waals surface area contributed by atoms with Gasteiger partial charge in [-0.25, -0.2) is 0 Å². The minimum absolute atomic E-state index is 0.0155. The molecule has 54 heavy (non-hydrogen) atoms. The van der Waals surface area contributed by atoms with Gasteiger partial charge in [0.05, 0.1) is 12.1 Å². The van der Waals surface area contributed by atoms with E-state index in [2.05, 4.69) is 65.7 Å². The molecule has 6 atom stereocenters. The molecule has 0 radical (unpaired) electrons. The van der Waals surface area contributed by atoms with E-state index in [4.69, 9.17) is 16.3 Å². The van der Waals surface area contributed by atoms with Gasteiger partial charge in [-0.3, -0.25) is 14.5 Å². The zero-order chi connectivity index (χ0) is 39.6. The first kappa shape index (κ1) is 44.5. The van der Waals surface area contributed by atoms with Gasteiger partial charge in [-0.15, -0.1) is 6.58 Å². The van der Waals surface area contributed by atoms with Crippen molar-refractivity contribution in [2.75, 3.05) is 13.2 Å². The minimum atomic E-state index is -0.772. The summed E-state index contributed by atoms with van der Waals surface area (Å²) in [7, 11) is 0. The number of likely N-dealkylation sites (tertiary alicyclic amines) is 1. The van der Waals surface area contributed by atoms with Gasteiger partial charge in [0, 0.05) is 36.2 Å². The Labute approximate surface area is 333 Å². The van der Waals surface area contributed by atoms with E-state index in [1.165, 1.54) is 0 Å². The minimum Gasteiger partial charge on any atom is -0.376 e. The summed E-state index contributed by atoms with van der Waals surface area (Å²) in [6.45, 7) is 24.9. The molecule has 4 rings (SSSR count). The van der Waals surface area contributed by atoms with Crippen LogP contribution in [0.25, 0.3) is 0 Å². The molecule has 7 heteroatoms. The van der Waals surface area contributed by atoms with Crippen molar-refractivity contribution in [3.8, 4) is 0 Å². The molecule has 302 valence electrons. The van der Waals surface area contributed by atoms with E-state index in [1.807, 2.05) is 36.1 Å². The van der Waals surface area contributed by atoms with Crippen molar-refractivity contribution >= 4 is 23.3 Å². The highest BCUT2D eigenvalue weighted by atomic mass is 35.5. The van der Waals surface area contributed by atoms with Crippen molar-refractivity contribution < 1.29 is 19.4 Å². The molecule has 2 aliphatic heterocycles. The molecule has 2 heterocycles. The largest absolute Gasteiger partial charge is 0.376 e. The van der Waals surface area contributed by atoms with E-state index in [9.17, 15) is 5.11 Å². The van der Waals surface area contributed by atoms with Gasteiger partial charge in [-0.05, 0) is 131 Å². The Morgan fingerprint density at radius 2 is 1.72 bits per heavy atom. The summed E-state index contributed by atoms with van der Waals surface area (Å²) in [5.41, 5.74) is 3.86. The smallest absolute Gasteiger partial charge is 0.227 e. The molecular weight excluding hydrogens is 692 g/mol. The van der Waals surface area contributed by atoms with Crippen LogP contribution in [0, 0.1) is 17.3 Å². The molecule has 1 amide bonds. The summed E-state index contributed by atoms with van der Waals surface area (Å²) in [6, 6.07) is 7.33. The predicted molar refractivity (Wildman–Crippen MR) is 225 cm³/mol. The van der Waals surface area contributed by atoms with Crippen LogP contribution in [0.15, 0.2) is 60.2 Å². The molecule has 6 nitrogen and oxygen atoms in total. The molecule has 1 saturated carbocycles.